The van der Waals surface area contributed by atoms with Crippen LogP contribution in [0.1, 0.15) is 40.0 Å². The van der Waals surface area contributed by atoms with Crippen molar-refractivity contribution in [2.24, 2.45) is 17.3 Å². The Balaban J connectivity index is 2.61. The van der Waals surface area contributed by atoms with Gasteiger partial charge in [-0.2, -0.15) is 0 Å². The van der Waals surface area contributed by atoms with E-state index in [1.807, 2.05) is 0 Å². The SMILES string of the molecule is CCC[C@@]1(C(C)C)CC1C(=O)OC. The van der Waals surface area contributed by atoms with Crippen LogP contribution in [0.4, 0.5) is 0 Å². The average Bonchev–Trinajstić information content (AvgIpc) is 2.80. The molecule has 0 bridgehead atoms. The summed E-state index contributed by atoms with van der Waals surface area (Å²) in [6.07, 6.45) is 3.35. The van der Waals surface area contributed by atoms with Gasteiger partial charge in [0, 0.05) is 0 Å². The zero-order valence-electron chi connectivity index (χ0n) is 9.09. The standard InChI is InChI=1S/C11H20O2/c1-5-6-11(8(2)3)7-9(11)10(12)13-4/h8-9H,5-7H2,1-4H3/t9?,11-/m0/s1. The number of carbonyl (C=O) groups excluding carboxylic acids is 1. The van der Waals surface area contributed by atoms with Gasteiger partial charge in [-0.15, -0.1) is 0 Å². The van der Waals surface area contributed by atoms with E-state index in [4.69, 9.17) is 4.74 Å². The number of ether oxygens (including phenoxy) is 1. The van der Waals surface area contributed by atoms with Crippen LogP contribution in [-0.2, 0) is 9.53 Å². The number of rotatable bonds is 4. The third-order valence-corrected chi connectivity index (χ3v) is 3.47. The first-order valence-electron chi connectivity index (χ1n) is 5.16. The number of carbonyl (C=O) groups is 1. The van der Waals surface area contributed by atoms with Crippen molar-refractivity contribution in [3.8, 4) is 0 Å². The smallest absolute Gasteiger partial charge is 0.309 e. The molecule has 2 atom stereocenters. The monoisotopic (exact) mass is 184 g/mol. The first-order valence-corrected chi connectivity index (χ1v) is 5.16. The molecule has 13 heavy (non-hydrogen) atoms. The molecule has 0 saturated heterocycles. The van der Waals surface area contributed by atoms with Gasteiger partial charge in [0.1, 0.15) is 0 Å². The second kappa shape index (κ2) is 3.69. The lowest BCUT2D eigenvalue weighted by molar-refractivity contribution is -0.143. The molecular formula is C11H20O2. The van der Waals surface area contributed by atoms with Gasteiger partial charge in [0.25, 0.3) is 0 Å². The van der Waals surface area contributed by atoms with Gasteiger partial charge in [0.05, 0.1) is 13.0 Å². The van der Waals surface area contributed by atoms with Crippen LogP contribution < -0.4 is 0 Å². The number of hydrogen-bond donors (Lipinski definition) is 0. The second-order valence-corrected chi connectivity index (χ2v) is 4.42. The maximum absolute atomic E-state index is 11.3. The molecule has 76 valence electrons. The van der Waals surface area contributed by atoms with Crippen molar-refractivity contribution in [3.05, 3.63) is 0 Å². The predicted molar refractivity (Wildman–Crippen MR) is 52.3 cm³/mol. The maximum atomic E-state index is 11.3. The molecule has 1 unspecified atom stereocenters. The van der Waals surface area contributed by atoms with Gasteiger partial charge >= 0.3 is 5.97 Å². The molecule has 1 saturated carbocycles. The summed E-state index contributed by atoms with van der Waals surface area (Å²) in [5.41, 5.74) is 0.266. The van der Waals surface area contributed by atoms with Crippen LogP contribution in [0.2, 0.25) is 0 Å². The predicted octanol–water partition coefficient (Wildman–Crippen LogP) is 2.62. The first-order chi connectivity index (χ1) is 6.08. The van der Waals surface area contributed by atoms with Crippen LogP contribution in [0, 0.1) is 17.3 Å². The zero-order valence-corrected chi connectivity index (χ0v) is 9.09. The minimum atomic E-state index is -0.0119. The molecule has 0 amide bonds. The topological polar surface area (TPSA) is 26.3 Å². The van der Waals surface area contributed by atoms with Crippen molar-refractivity contribution in [2.45, 2.75) is 40.0 Å². The van der Waals surface area contributed by atoms with Gasteiger partial charge in [-0.3, -0.25) is 4.79 Å². The molecule has 2 heteroatoms. The quantitative estimate of drug-likeness (QED) is 0.628. The second-order valence-electron chi connectivity index (χ2n) is 4.42. The van der Waals surface area contributed by atoms with Crippen LogP contribution in [0.15, 0.2) is 0 Å². The summed E-state index contributed by atoms with van der Waals surface area (Å²) in [6.45, 7) is 6.59. The molecule has 2 nitrogen and oxygen atoms in total. The maximum Gasteiger partial charge on any atom is 0.309 e. The van der Waals surface area contributed by atoms with E-state index < -0.39 is 0 Å². The van der Waals surface area contributed by atoms with E-state index in [9.17, 15) is 4.79 Å². The van der Waals surface area contributed by atoms with Crippen LogP contribution in [0.3, 0.4) is 0 Å². The fourth-order valence-corrected chi connectivity index (χ4v) is 2.45. The van der Waals surface area contributed by atoms with Crippen LogP contribution >= 0.6 is 0 Å². The van der Waals surface area contributed by atoms with Gasteiger partial charge in [-0.25, -0.2) is 0 Å². The van der Waals surface area contributed by atoms with E-state index in [0.29, 0.717) is 5.92 Å². The summed E-state index contributed by atoms with van der Waals surface area (Å²) in [4.78, 5) is 11.3. The van der Waals surface area contributed by atoms with Crippen LogP contribution in [-0.4, -0.2) is 13.1 Å². The molecule has 1 rings (SSSR count). The lowest BCUT2D eigenvalue weighted by Crippen LogP contribution is -2.17. The summed E-state index contributed by atoms with van der Waals surface area (Å²) in [5.74, 6) is 0.760. The van der Waals surface area contributed by atoms with Gasteiger partial charge in [-0.1, -0.05) is 27.2 Å². The molecule has 0 aromatic carbocycles. The van der Waals surface area contributed by atoms with E-state index in [1.54, 1.807) is 0 Å². The first kappa shape index (κ1) is 10.6. The van der Waals surface area contributed by atoms with Crippen molar-refractivity contribution in [3.63, 3.8) is 0 Å². The van der Waals surface area contributed by atoms with Gasteiger partial charge in [0.15, 0.2) is 0 Å². The third kappa shape index (κ3) is 1.72. The van der Waals surface area contributed by atoms with E-state index in [1.165, 1.54) is 7.11 Å². The molecular weight excluding hydrogens is 164 g/mol. The van der Waals surface area contributed by atoms with Crippen molar-refractivity contribution in [2.75, 3.05) is 7.11 Å². The Hall–Kier alpha value is -0.530. The lowest BCUT2D eigenvalue weighted by atomic mass is 9.85. The highest BCUT2D eigenvalue weighted by Crippen LogP contribution is 2.61. The molecule has 0 spiro atoms. The van der Waals surface area contributed by atoms with Crippen molar-refractivity contribution in [1.82, 2.24) is 0 Å². The molecule has 0 aromatic rings. The summed E-state index contributed by atoms with van der Waals surface area (Å²) in [7, 11) is 1.48. The molecule has 0 N–H and O–H groups in total. The number of hydrogen-bond acceptors (Lipinski definition) is 2. The van der Waals surface area contributed by atoms with E-state index in [2.05, 4.69) is 20.8 Å². The zero-order chi connectivity index (χ0) is 10.1. The fourth-order valence-electron chi connectivity index (χ4n) is 2.45. The normalized spacial score (nSPS) is 31.9. The minimum Gasteiger partial charge on any atom is -0.469 e. The molecule has 0 radical (unpaired) electrons. The Morgan fingerprint density at radius 2 is 2.23 bits per heavy atom. The summed E-state index contributed by atoms with van der Waals surface area (Å²) in [6, 6.07) is 0. The van der Waals surface area contributed by atoms with E-state index in [0.717, 1.165) is 19.3 Å². The molecule has 0 aliphatic heterocycles. The summed E-state index contributed by atoms with van der Waals surface area (Å²) in [5, 5.41) is 0. The van der Waals surface area contributed by atoms with Crippen LogP contribution in [0.5, 0.6) is 0 Å². The van der Waals surface area contributed by atoms with Gasteiger partial charge in [-0.05, 0) is 24.2 Å². The largest absolute Gasteiger partial charge is 0.469 e. The molecule has 0 aromatic heterocycles. The molecule has 1 aliphatic carbocycles. The highest BCUT2D eigenvalue weighted by Gasteiger charge is 2.59. The molecule has 1 fully saturated rings. The Kier molecular flexibility index (Phi) is 2.99. The lowest BCUT2D eigenvalue weighted by Gasteiger charge is -2.20. The Labute approximate surface area is 80.7 Å². The van der Waals surface area contributed by atoms with Crippen LogP contribution in [0.25, 0.3) is 0 Å². The van der Waals surface area contributed by atoms with Gasteiger partial charge in [0.2, 0.25) is 0 Å². The Morgan fingerprint density at radius 1 is 1.62 bits per heavy atom. The minimum absolute atomic E-state index is 0.0119. The highest BCUT2D eigenvalue weighted by molar-refractivity contribution is 5.76. The average molecular weight is 184 g/mol. The van der Waals surface area contributed by atoms with E-state index in [-0.39, 0.29) is 17.3 Å². The van der Waals surface area contributed by atoms with Crippen molar-refractivity contribution < 1.29 is 9.53 Å². The van der Waals surface area contributed by atoms with Crippen molar-refractivity contribution in [1.29, 1.82) is 0 Å². The molecule has 1 aliphatic rings. The van der Waals surface area contributed by atoms with E-state index >= 15 is 0 Å². The fraction of sp³-hybridized carbons (Fsp3) is 0.909. The summed E-state index contributed by atoms with van der Waals surface area (Å²) >= 11 is 0. The van der Waals surface area contributed by atoms with Gasteiger partial charge < -0.3 is 4.74 Å². The summed E-state index contributed by atoms with van der Waals surface area (Å²) < 4.78 is 4.79. The Morgan fingerprint density at radius 3 is 2.62 bits per heavy atom. The van der Waals surface area contributed by atoms with Crippen molar-refractivity contribution >= 4 is 5.97 Å². The number of methoxy groups -OCH3 is 1. The third-order valence-electron chi connectivity index (χ3n) is 3.47. The highest BCUT2D eigenvalue weighted by atomic mass is 16.5. The number of esters is 1. The molecule has 0 heterocycles. The Bertz CT molecular complexity index is 198.